The number of rotatable bonds is 2. The lowest BCUT2D eigenvalue weighted by atomic mass is 9.93. The molecule has 1 unspecified atom stereocenters. The fourth-order valence-corrected chi connectivity index (χ4v) is 2.73. The van der Waals surface area contributed by atoms with Crippen molar-refractivity contribution >= 4 is 17.1 Å². The smallest absolute Gasteiger partial charge is 0.222 e. The van der Waals surface area contributed by atoms with Gasteiger partial charge < -0.3 is 25.8 Å². The lowest BCUT2D eigenvalue weighted by Gasteiger charge is -2.26. The molecule has 0 amide bonds. The monoisotopic (exact) mass is 319 g/mol. The number of aromatic nitrogens is 4. The molecule has 1 fully saturated rings. The Balaban J connectivity index is 2.14. The lowest BCUT2D eigenvalue weighted by molar-refractivity contribution is -0.0847. The molecule has 23 heavy (non-hydrogen) atoms. The molecule has 5 N–H and O–H groups in total. The molecule has 5 atom stereocenters. The van der Waals surface area contributed by atoms with Gasteiger partial charge in [0, 0.05) is 0 Å². The summed E-state index contributed by atoms with van der Waals surface area (Å²) in [5.41, 5.74) is 4.45. The Morgan fingerprint density at radius 1 is 1.48 bits per heavy atom. The first-order chi connectivity index (χ1) is 10.9. The van der Waals surface area contributed by atoms with Crippen LogP contribution < -0.4 is 5.73 Å². The van der Waals surface area contributed by atoms with Gasteiger partial charge in [0.15, 0.2) is 17.5 Å². The molecule has 1 saturated heterocycles. The van der Waals surface area contributed by atoms with Crippen LogP contribution in [0.15, 0.2) is 12.5 Å². The summed E-state index contributed by atoms with van der Waals surface area (Å²) < 4.78 is 7.08. The molecule has 0 aliphatic carbocycles. The van der Waals surface area contributed by atoms with Crippen molar-refractivity contribution in [1.29, 1.82) is 0 Å². The van der Waals surface area contributed by atoms with Crippen LogP contribution in [0.1, 0.15) is 20.1 Å². The molecule has 0 spiro atoms. The first-order valence-corrected chi connectivity index (χ1v) is 7.01. The highest BCUT2D eigenvalue weighted by molar-refractivity contribution is 5.70. The maximum Gasteiger partial charge on any atom is 0.222 e. The Bertz CT molecular complexity index is 795. The van der Waals surface area contributed by atoms with Crippen molar-refractivity contribution in [3.63, 3.8) is 0 Å². The fourth-order valence-electron chi connectivity index (χ4n) is 2.73. The number of hydrogen-bond donors (Lipinski definition) is 4. The minimum Gasteiger partial charge on any atom is -0.391 e. The van der Waals surface area contributed by atoms with Gasteiger partial charge in [-0.2, -0.15) is 4.98 Å². The molecule has 9 nitrogen and oxygen atoms in total. The minimum atomic E-state index is -1.93. The summed E-state index contributed by atoms with van der Waals surface area (Å²) >= 11 is 0. The first-order valence-electron chi connectivity index (χ1n) is 7.01. The average molecular weight is 319 g/mol. The molecule has 0 aromatic carbocycles. The Kier molecular flexibility index (Phi) is 3.69. The third kappa shape index (κ3) is 2.32. The highest BCUT2D eigenvalue weighted by atomic mass is 16.6. The van der Waals surface area contributed by atoms with Gasteiger partial charge in [-0.15, -0.1) is 5.92 Å². The van der Waals surface area contributed by atoms with E-state index in [1.54, 1.807) is 0 Å². The molecule has 1 aliphatic rings. The van der Waals surface area contributed by atoms with E-state index in [2.05, 4.69) is 26.8 Å². The number of ether oxygens (including phenoxy) is 1. The van der Waals surface area contributed by atoms with Gasteiger partial charge in [0.1, 0.15) is 17.7 Å². The second kappa shape index (κ2) is 5.43. The number of nitrogen functional groups attached to an aromatic ring is 1. The number of aliphatic hydroxyl groups is 3. The van der Waals surface area contributed by atoms with Crippen LogP contribution in [-0.4, -0.2) is 58.8 Å². The third-order valence-corrected chi connectivity index (χ3v) is 3.81. The SMILES string of the molecule is CC#C[C@@]1(O)C(O)[C@@H]([C@@H](C)O)O[C@H]1n1cnc2cnc(N)nc21. The molecule has 9 heteroatoms. The minimum absolute atomic E-state index is 0.0370. The molecule has 2 aromatic heterocycles. The molecule has 2 aromatic rings. The number of nitrogens with two attached hydrogens (primary N) is 1. The number of aliphatic hydroxyl groups excluding tert-OH is 2. The van der Waals surface area contributed by atoms with Crippen LogP contribution in [0.2, 0.25) is 0 Å². The molecule has 1 aliphatic heterocycles. The van der Waals surface area contributed by atoms with Crippen LogP contribution in [0.25, 0.3) is 11.2 Å². The van der Waals surface area contributed by atoms with Crippen molar-refractivity contribution in [3.05, 3.63) is 12.5 Å². The van der Waals surface area contributed by atoms with E-state index < -0.39 is 30.1 Å². The Labute approximate surface area is 131 Å². The molecule has 122 valence electrons. The number of fused-ring (bicyclic) bond motifs is 1. The lowest BCUT2D eigenvalue weighted by Crippen LogP contribution is -2.47. The highest BCUT2D eigenvalue weighted by Crippen LogP contribution is 2.40. The van der Waals surface area contributed by atoms with Gasteiger partial charge >= 0.3 is 0 Å². The summed E-state index contributed by atoms with van der Waals surface area (Å²) in [6.45, 7) is 2.99. The van der Waals surface area contributed by atoms with Crippen molar-refractivity contribution in [2.75, 3.05) is 5.73 Å². The second-order valence-corrected chi connectivity index (χ2v) is 5.43. The zero-order valence-electron chi connectivity index (χ0n) is 12.6. The quantitative estimate of drug-likeness (QED) is 0.506. The van der Waals surface area contributed by atoms with Gasteiger partial charge in [0.2, 0.25) is 5.95 Å². The molecule has 3 heterocycles. The average Bonchev–Trinajstić information content (AvgIpc) is 3.00. The van der Waals surface area contributed by atoms with Crippen LogP contribution in [0.3, 0.4) is 0 Å². The maximum absolute atomic E-state index is 10.9. The predicted octanol–water partition coefficient (Wildman–Crippen LogP) is -1.20. The van der Waals surface area contributed by atoms with Gasteiger partial charge in [-0.25, -0.2) is 9.97 Å². The van der Waals surface area contributed by atoms with E-state index in [-0.39, 0.29) is 5.95 Å². The normalized spacial score (nSPS) is 31.8. The Morgan fingerprint density at radius 2 is 2.22 bits per heavy atom. The van der Waals surface area contributed by atoms with Crippen molar-refractivity contribution in [1.82, 2.24) is 19.5 Å². The predicted molar refractivity (Wildman–Crippen MR) is 79.7 cm³/mol. The first kappa shape index (κ1) is 15.6. The van der Waals surface area contributed by atoms with E-state index in [1.165, 1.54) is 30.9 Å². The number of hydrogen-bond acceptors (Lipinski definition) is 8. The largest absolute Gasteiger partial charge is 0.391 e. The van der Waals surface area contributed by atoms with Gasteiger partial charge in [-0.3, -0.25) is 4.57 Å². The summed E-state index contributed by atoms with van der Waals surface area (Å²) in [5, 5.41) is 31.0. The highest BCUT2D eigenvalue weighted by Gasteiger charge is 2.57. The second-order valence-electron chi connectivity index (χ2n) is 5.43. The van der Waals surface area contributed by atoms with E-state index in [4.69, 9.17) is 10.5 Å². The summed E-state index contributed by atoms with van der Waals surface area (Å²) in [6.07, 6.45) is -1.70. The summed E-state index contributed by atoms with van der Waals surface area (Å²) in [5.74, 6) is 5.18. The van der Waals surface area contributed by atoms with E-state index in [1.807, 2.05) is 0 Å². The molecule has 3 rings (SSSR count). The molecular weight excluding hydrogens is 302 g/mol. The van der Waals surface area contributed by atoms with Gasteiger partial charge in [-0.1, -0.05) is 5.92 Å². The number of nitrogens with zero attached hydrogens (tertiary/aromatic N) is 4. The van der Waals surface area contributed by atoms with Gasteiger partial charge in [0.05, 0.1) is 18.6 Å². The van der Waals surface area contributed by atoms with Crippen molar-refractivity contribution in [3.8, 4) is 11.8 Å². The van der Waals surface area contributed by atoms with Crippen LogP contribution in [-0.2, 0) is 4.74 Å². The van der Waals surface area contributed by atoms with Gasteiger partial charge in [0.25, 0.3) is 0 Å². The Morgan fingerprint density at radius 3 is 2.87 bits per heavy atom. The third-order valence-electron chi connectivity index (χ3n) is 3.81. The molecule has 0 bridgehead atoms. The van der Waals surface area contributed by atoms with Crippen LogP contribution in [0.5, 0.6) is 0 Å². The number of anilines is 1. The summed E-state index contributed by atoms with van der Waals surface area (Å²) in [4.78, 5) is 12.1. The van der Waals surface area contributed by atoms with Crippen molar-refractivity contribution in [2.24, 2.45) is 0 Å². The van der Waals surface area contributed by atoms with E-state index in [0.717, 1.165) is 0 Å². The standard InChI is InChI=1S/C14H17N5O4/c1-3-4-14(22)10(21)9(7(2)20)23-12(14)19-6-17-8-5-16-13(15)18-11(8)19/h5-7,9-10,12,20-22H,1-2H3,(H2,15,16,18)/t7-,9-,10?,12-,14-/m1/s1. The topological polar surface area (TPSA) is 140 Å². The zero-order chi connectivity index (χ0) is 16.8. The molecule has 0 saturated carbocycles. The molecular formula is C14H17N5O4. The molecule has 0 radical (unpaired) electrons. The van der Waals surface area contributed by atoms with Crippen LogP contribution >= 0.6 is 0 Å². The Hall–Kier alpha value is -2.25. The van der Waals surface area contributed by atoms with Crippen LogP contribution in [0, 0.1) is 11.8 Å². The fraction of sp³-hybridized carbons (Fsp3) is 0.500. The van der Waals surface area contributed by atoms with Gasteiger partial charge in [-0.05, 0) is 13.8 Å². The van der Waals surface area contributed by atoms with E-state index >= 15 is 0 Å². The van der Waals surface area contributed by atoms with Crippen molar-refractivity contribution < 1.29 is 20.1 Å². The van der Waals surface area contributed by atoms with E-state index in [0.29, 0.717) is 11.2 Å². The summed E-state index contributed by atoms with van der Waals surface area (Å²) in [7, 11) is 0. The van der Waals surface area contributed by atoms with Crippen molar-refractivity contribution in [2.45, 2.75) is 44.0 Å². The number of imidazole rings is 1. The van der Waals surface area contributed by atoms with Crippen LogP contribution in [0.4, 0.5) is 5.95 Å². The zero-order valence-corrected chi connectivity index (χ0v) is 12.6. The summed E-state index contributed by atoms with van der Waals surface area (Å²) in [6, 6.07) is 0. The maximum atomic E-state index is 10.9. The van der Waals surface area contributed by atoms with E-state index in [9.17, 15) is 15.3 Å².